The molecule has 1 aliphatic heterocycles. The third-order valence-electron chi connectivity index (χ3n) is 5.34. The number of amides is 2. The van der Waals surface area contributed by atoms with Gasteiger partial charge in [-0.3, -0.25) is 9.10 Å². The van der Waals surface area contributed by atoms with Gasteiger partial charge < -0.3 is 19.9 Å². The second-order valence-electron chi connectivity index (χ2n) is 9.04. The van der Waals surface area contributed by atoms with Gasteiger partial charge >= 0.3 is 6.09 Å². The van der Waals surface area contributed by atoms with Crippen LogP contribution in [0.4, 0.5) is 16.2 Å². The maximum Gasteiger partial charge on any atom is 0.410 e. The van der Waals surface area contributed by atoms with Crippen LogP contribution in [-0.4, -0.2) is 75.6 Å². The Balaban J connectivity index is 1.56. The van der Waals surface area contributed by atoms with E-state index in [0.29, 0.717) is 37.6 Å². The molecule has 3 rings (SSSR count). The first kappa shape index (κ1) is 25.4. The number of hydrogen-bond acceptors (Lipinski definition) is 6. The Morgan fingerprint density at radius 1 is 0.971 bits per heavy atom. The summed E-state index contributed by atoms with van der Waals surface area (Å²) in [5, 5.41) is 3.02. The van der Waals surface area contributed by atoms with Crippen molar-refractivity contribution < 1.29 is 22.7 Å². The lowest BCUT2D eigenvalue weighted by Gasteiger charge is -2.35. The van der Waals surface area contributed by atoms with Crippen molar-refractivity contribution in [2.24, 2.45) is 0 Å². The first-order chi connectivity index (χ1) is 16.0. The van der Waals surface area contributed by atoms with Gasteiger partial charge in [-0.1, -0.05) is 24.3 Å². The van der Waals surface area contributed by atoms with Crippen LogP contribution < -0.4 is 9.62 Å². The van der Waals surface area contributed by atoms with E-state index in [9.17, 15) is 18.0 Å². The van der Waals surface area contributed by atoms with Crippen molar-refractivity contribution in [2.45, 2.75) is 31.3 Å². The molecule has 1 saturated heterocycles. The molecule has 2 amide bonds. The SMILES string of the molecule is CN(c1ccccc1)S(=O)(=O)c1cccc(NCC(=O)N2CCN(C(=O)OC(C)(C)C)CC2)c1. The van der Waals surface area contributed by atoms with Gasteiger partial charge in [0.05, 0.1) is 17.1 Å². The maximum absolute atomic E-state index is 13.0. The summed E-state index contributed by atoms with van der Waals surface area (Å²) in [7, 11) is -2.25. The Labute approximate surface area is 201 Å². The molecule has 1 heterocycles. The van der Waals surface area contributed by atoms with Crippen molar-refractivity contribution in [3.63, 3.8) is 0 Å². The van der Waals surface area contributed by atoms with Crippen LogP contribution in [0.5, 0.6) is 0 Å². The summed E-state index contributed by atoms with van der Waals surface area (Å²) >= 11 is 0. The van der Waals surface area contributed by atoms with E-state index in [2.05, 4.69) is 5.32 Å². The largest absolute Gasteiger partial charge is 0.444 e. The summed E-state index contributed by atoms with van der Waals surface area (Å²) in [4.78, 5) is 28.2. The number of piperazine rings is 1. The van der Waals surface area contributed by atoms with E-state index < -0.39 is 15.6 Å². The Morgan fingerprint density at radius 2 is 1.59 bits per heavy atom. The van der Waals surface area contributed by atoms with Gasteiger partial charge in [-0.15, -0.1) is 0 Å². The van der Waals surface area contributed by atoms with Gasteiger partial charge in [0.2, 0.25) is 5.91 Å². The Kier molecular flexibility index (Phi) is 7.71. The number of hydrogen-bond donors (Lipinski definition) is 1. The number of nitrogens with zero attached hydrogens (tertiary/aromatic N) is 3. The molecule has 1 N–H and O–H groups in total. The zero-order chi connectivity index (χ0) is 24.9. The van der Waals surface area contributed by atoms with E-state index in [4.69, 9.17) is 4.74 Å². The highest BCUT2D eigenvalue weighted by atomic mass is 32.2. The van der Waals surface area contributed by atoms with Gasteiger partial charge in [-0.05, 0) is 51.1 Å². The minimum Gasteiger partial charge on any atom is -0.444 e. The van der Waals surface area contributed by atoms with E-state index in [0.717, 1.165) is 0 Å². The summed E-state index contributed by atoms with van der Waals surface area (Å²) < 4.78 is 32.7. The maximum atomic E-state index is 13.0. The normalized spacial score (nSPS) is 14.5. The second-order valence-corrected chi connectivity index (χ2v) is 11.0. The highest BCUT2D eigenvalue weighted by molar-refractivity contribution is 7.92. The number of para-hydroxylation sites is 1. The molecule has 0 aromatic heterocycles. The van der Waals surface area contributed by atoms with Crippen molar-refractivity contribution in [3.8, 4) is 0 Å². The smallest absolute Gasteiger partial charge is 0.410 e. The monoisotopic (exact) mass is 488 g/mol. The van der Waals surface area contributed by atoms with E-state index in [1.165, 1.54) is 23.5 Å². The predicted octanol–water partition coefficient (Wildman–Crippen LogP) is 3.00. The first-order valence-electron chi connectivity index (χ1n) is 11.1. The minimum atomic E-state index is -3.75. The summed E-state index contributed by atoms with van der Waals surface area (Å²) in [6.07, 6.45) is -0.379. The van der Waals surface area contributed by atoms with E-state index in [1.807, 2.05) is 26.8 Å². The zero-order valence-corrected chi connectivity index (χ0v) is 20.8. The third kappa shape index (κ3) is 6.40. The van der Waals surface area contributed by atoms with Gasteiger partial charge in [-0.2, -0.15) is 0 Å². The van der Waals surface area contributed by atoms with E-state index >= 15 is 0 Å². The average molecular weight is 489 g/mol. The molecule has 1 fully saturated rings. The first-order valence-corrected chi connectivity index (χ1v) is 12.5. The van der Waals surface area contributed by atoms with Crippen LogP contribution in [0.2, 0.25) is 0 Å². The second kappa shape index (κ2) is 10.3. The number of carbonyl (C=O) groups excluding carboxylic acids is 2. The summed E-state index contributed by atoms with van der Waals surface area (Å²) in [6, 6.07) is 15.2. The van der Waals surface area contributed by atoms with E-state index in [1.54, 1.807) is 46.2 Å². The molecule has 9 nitrogen and oxygen atoms in total. The van der Waals surface area contributed by atoms with Gasteiger partial charge in [0.1, 0.15) is 5.60 Å². The highest BCUT2D eigenvalue weighted by Gasteiger charge is 2.27. The average Bonchev–Trinajstić information content (AvgIpc) is 2.81. The van der Waals surface area contributed by atoms with Crippen molar-refractivity contribution >= 4 is 33.4 Å². The fraction of sp³-hybridized carbons (Fsp3) is 0.417. The quantitative estimate of drug-likeness (QED) is 0.671. The van der Waals surface area contributed by atoms with Crippen molar-refractivity contribution in [3.05, 3.63) is 54.6 Å². The Hall–Kier alpha value is -3.27. The minimum absolute atomic E-state index is 0.0183. The molecule has 0 bridgehead atoms. The van der Waals surface area contributed by atoms with Crippen LogP contribution in [-0.2, 0) is 19.6 Å². The van der Waals surface area contributed by atoms with Crippen LogP contribution in [0, 0.1) is 0 Å². The topological polar surface area (TPSA) is 99.3 Å². The standard InChI is InChI=1S/C24H32N4O5S/c1-24(2,3)33-23(30)28-15-13-27(14-16-28)22(29)18-25-19-9-8-12-21(17-19)34(31,32)26(4)20-10-6-5-7-11-20/h5-12,17,25H,13-16,18H2,1-4H3. The number of benzene rings is 2. The molecule has 0 atom stereocenters. The molecule has 34 heavy (non-hydrogen) atoms. The van der Waals surface area contributed by atoms with Crippen molar-refractivity contribution in [1.82, 2.24) is 9.80 Å². The number of ether oxygens (including phenoxy) is 1. The van der Waals surface area contributed by atoms with Crippen LogP contribution in [0.25, 0.3) is 0 Å². The van der Waals surface area contributed by atoms with Crippen molar-refractivity contribution in [2.75, 3.05) is 49.4 Å². The lowest BCUT2D eigenvalue weighted by atomic mass is 10.2. The molecular formula is C24H32N4O5S. The Bertz CT molecular complexity index is 1110. The van der Waals surface area contributed by atoms with E-state index in [-0.39, 0.29) is 23.4 Å². The fourth-order valence-corrected chi connectivity index (χ4v) is 4.70. The van der Waals surface area contributed by atoms with Crippen molar-refractivity contribution in [1.29, 1.82) is 0 Å². The molecule has 0 unspecified atom stereocenters. The molecule has 10 heteroatoms. The summed E-state index contributed by atoms with van der Waals surface area (Å²) in [6.45, 7) is 7.10. The lowest BCUT2D eigenvalue weighted by molar-refractivity contribution is -0.131. The lowest BCUT2D eigenvalue weighted by Crippen LogP contribution is -2.52. The molecule has 0 aliphatic carbocycles. The molecule has 1 aliphatic rings. The van der Waals surface area contributed by atoms with Gasteiger partial charge in [0.25, 0.3) is 10.0 Å². The third-order valence-corrected chi connectivity index (χ3v) is 7.12. The van der Waals surface area contributed by atoms with Crippen LogP contribution in [0.15, 0.2) is 59.5 Å². The molecule has 2 aromatic carbocycles. The number of sulfonamides is 1. The predicted molar refractivity (Wildman–Crippen MR) is 131 cm³/mol. The molecule has 0 saturated carbocycles. The van der Waals surface area contributed by atoms with Crippen LogP contribution >= 0.6 is 0 Å². The molecule has 2 aromatic rings. The number of rotatable bonds is 6. The molecule has 0 radical (unpaired) electrons. The highest BCUT2D eigenvalue weighted by Crippen LogP contribution is 2.23. The van der Waals surface area contributed by atoms with Gasteiger partial charge in [0, 0.05) is 38.9 Å². The number of nitrogens with one attached hydrogen (secondary N) is 1. The fourth-order valence-electron chi connectivity index (χ4n) is 3.46. The van der Waals surface area contributed by atoms with Gasteiger partial charge in [-0.25, -0.2) is 13.2 Å². The summed E-state index contributed by atoms with van der Waals surface area (Å²) in [5.74, 6) is -0.126. The molecule has 184 valence electrons. The van der Waals surface area contributed by atoms with Crippen LogP contribution in [0.3, 0.4) is 0 Å². The number of anilines is 2. The zero-order valence-electron chi connectivity index (χ0n) is 20.0. The number of carbonyl (C=O) groups is 2. The molecule has 0 spiro atoms. The van der Waals surface area contributed by atoms with Gasteiger partial charge in [0.15, 0.2) is 0 Å². The molecular weight excluding hydrogens is 456 g/mol. The Morgan fingerprint density at radius 3 is 2.21 bits per heavy atom. The summed E-state index contributed by atoms with van der Waals surface area (Å²) in [5.41, 5.74) is 0.524. The van der Waals surface area contributed by atoms with Crippen LogP contribution in [0.1, 0.15) is 20.8 Å².